The van der Waals surface area contributed by atoms with E-state index in [2.05, 4.69) is 0 Å². The number of methoxy groups -OCH3 is 2. The average molecular weight is 360 g/mol. The number of hydrogen-bond acceptors (Lipinski definition) is 5. The minimum absolute atomic E-state index is 0.0563. The van der Waals surface area contributed by atoms with Crippen LogP contribution in [0.4, 0.5) is 5.69 Å². The highest BCUT2D eigenvalue weighted by Crippen LogP contribution is 2.43. The van der Waals surface area contributed by atoms with Gasteiger partial charge in [-0.2, -0.15) is 0 Å². The van der Waals surface area contributed by atoms with Crippen molar-refractivity contribution in [2.45, 2.75) is 32.1 Å². The van der Waals surface area contributed by atoms with E-state index in [1.54, 1.807) is 44.5 Å². The molecule has 2 rings (SSSR count). The Labute approximate surface area is 154 Å². The van der Waals surface area contributed by atoms with Gasteiger partial charge in [0.05, 0.1) is 12.5 Å². The first-order valence-electron chi connectivity index (χ1n) is 8.86. The van der Waals surface area contributed by atoms with Crippen molar-refractivity contribution in [3.8, 4) is 0 Å². The van der Waals surface area contributed by atoms with Crippen LogP contribution in [-0.4, -0.2) is 44.7 Å². The van der Waals surface area contributed by atoms with Crippen molar-refractivity contribution in [1.82, 2.24) is 4.90 Å². The number of esters is 1. The molecule has 0 aliphatic heterocycles. The Bertz CT molecular complexity index is 661. The summed E-state index contributed by atoms with van der Waals surface area (Å²) in [5.41, 5.74) is 6.86. The second-order valence-electron chi connectivity index (χ2n) is 6.78. The van der Waals surface area contributed by atoms with Gasteiger partial charge in [-0.3, -0.25) is 4.79 Å². The van der Waals surface area contributed by atoms with Gasteiger partial charge in [-0.25, -0.2) is 4.79 Å². The van der Waals surface area contributed by atoms with Crippen molar-refractivity contribution in [3.05, 3.63) is 35.5 Å². The van der Waals surface area contributed by atoms with Gasteiger partial charge in [0.2, 0.25) is 5.91 Å². The van der Waals surface area contributed by atoms with Crippen LogP contribution in [0.25, 0.3) is 6.08 Å². The predicted molar refractivity (Wildman–Crippen MR) is 101 cm³/mol. The molecule has 1 aromatic carbocycles. The van der Waals surface area contributed by atoms with Gasteiger partial charge >= 0.3 is 5.97 Å². The number of carbonyl (C=O) groups is 2. The molecule has 1 fully saturated rings. The number of carbonyl (C=O) groups excluding carboxylic acids is 2. The van der Waals surface area contributed by atoms with Crippen LogP contribution < -0.4 is 5.73 Å². The van der Waals surface area contributed by atoms with E-state index in [1.165, 1.54) is 12.0 Å². The second-order valence-corrected chi connectivity index (χ2v) is 6.78. The van der Waals surface area contributed by atoms with Crippen molar-refractivity contribution in [1.29, 1.82) is 0 Å². The molecule has 1 aromatic rings. The number of ether oxygens (including phenoxy) is 2. The number of hydrogen-bond donors (Lipinski definition) is 1. The molecule has 142 valence electrons. The molecule has 1 amide bonds. The Kier molecular flexibility index (Phi) is 6.80. The quantitative estimate of drug-likeness (QED) is 0.459. The van der Waals surface area contributed by atoms with Crippen molar-refractivity contribution in [2.24, 2.45) is 5.41 Å². The maximum absolute atomic E-state index is 13.3. The summed E-state index contributed by atoms with van der Waals surface area (Å²) < 4.78 is 10.1. The number of likely N-dealkylation sites (N-methyl/N-ethyl adjacent to an activating group) is 1. The fourth-order valence-electron chi connectivity index (χ4n) is 3.53. The van der Waals surface area contributed by atoms with Crippen LogP contribution in [0.2, 0.25) is 0 Å². The molecule has 0 heterocycles. The van der Waals surface area contributed by atoms with E-state index in [0.29, 0.717) is 18.7 Å². The number of rotatable bonds is 7. The summed E-state index contributed by atoms with van der Waals surface area (Å²) in [6.45, 7) is 0.523. The van der Waals surface area contributed by atoms with Crippen molar-refractivity contribution in [2.75, 3.05) is 33.6 Å². The van der Waals surface area contributed by atoms with Gasteiger partial charge in [0.15, 0.2) is 0 Å². The summed E-state index contributed by atoms with van der Waals surface area (Å²) in [4.78, 5) is 27.0. The number of amides is 1. The molecule has 0 unspecified atom stereocenters. The SMILES string of the molecule is COCCC1(C(=O)N(C)C(=Cc2ccc(N)cc2)C(=O)OC)CCCC1. The second kappa shape index (κ2) is 8.85. The zero-order valence-corrected chi connectivity index (χ0v) is 15.8. The minimum atomic E-state index is -0.544. The number of benzene rings is 1. The summed E-state index contributed by atoms with van der Waals surface area (Å²) >= 11 is 0. The maximum Gasteiger partial charge on any atom is 0.354 e. The Morgan fingerprint density at radius 1 is 1.19 bits per heavy atom. The molecule has 0 bridgehead atoms. The van der Waals surface area contributed by atoms with Gasteiger partial charge in [-0.15, -0.1) is 0 Å². The van der Waals surface area contributed by atoms with Gasteiger partial charge in [-0.1, -0.05) is 25.0 Å². The molecule has 0 saturated heterocycles. The monoisotopic (exact) mass is 360 g/mol. The molecule has 1 aliphatic rings. The van der Waals surface area contributed by atoms with E-state index in [1.807, 2.05) is 0 Å². The van der Waals surface area contributed by atoms with E-state index in [0.717, 1.165) is 31.2 Å². The zero-order chi connectivity index (χ0) is 19.2. The standard InChI is InChI=1S/C20H28N2O4/c1-22(19(24)20(12-13-25-2)10-4-5-11-20)17(18(23)26-3)14-15-6-8-16(21)9-7-15/h6-9,14H,4-5,10-13,21H2,1-3H3. The lowest BCUT2D eigenvalue weighted by Crippen LogP contribution is -2.42. The summed E-state index contributed by atoms with van der Waals surface area (Å²) in [5, 5.41) is 0. The molecule has 2 N–H and O–H groups in total. The highest BCUT2D eigenvalue weighted by Gasteiger charge is 2.43. The minimum Gasteiger partial charge on any atom is -0.464 e. The highest BCUT2D eigenvalue weighted by atomic mass is 16.5. The molecule has 0 atom stereocenters. The molecule has 1 saturated carbocycles. The molecule has 0 radical (unpaired) electrons. The molecule has 1 aliphatic carbocycles. The first-order valence-corrected chi connectivity index (χ1v) is 8.86. The highest BCUT2D eigenvalue weighted by molar-refractivity contribution is 5.99. The van der Waals surface area contributed by atoms with Crippen LogP contribution in [-0.2, 0) is 19.1 Å². The molecular weight excluding hydrogens is 332 g/mol. The molecule has 0 aromatic heterocycles. The molecule has 6 nitrogen and oxygen atoms in total. The zero-order valence-electron chi connectivity index (χ0n) is 15.8. The Hall–Kier alpha value is -2.34. The number of nitrogens with zero attached hydrogens (tertiary/aromatic N) is 1. The van der Waals surface area contributed by atoms with Crippen LogP contribution >= 0.6 is 0 Å². The number of anilines is 1. The fourth-order valence-corrected chi connectivity index (χ4v) is 3.53. The molecule has 6 heteroatoms. The third-order valence-corrected chi connectivity index (χ3v) is 5.10. The number of nitrogens with two attached hydrogens (primary N) is 1. The average Bonchev–Trinajstić information content (AvgIpc) is 3.14. The Morgan fingerprint density at radius 2 is 1.81 bits per heavy atom. The van der Waals surface area contributed by atoms with Crippen LogP contribution in [0.3, 0.4) is 0 Å². The molecule has 26 heavy (non-hydrogen) atoms. The van der Waals surface area contributed by atoms with Crippen LogP contribution in [0, 0.1) is 5.41 Å². The van der Waals surface area contributed by atoms with Crippen molar-refractivity contribution in [3.63, 3.8) is 0 Å². The Balaban J connectivity index is 2.33. The van der Waals surface area contributed by atoms with Crippen molar-refractivity contribution < 1.29 is 19.1 Å². The molecule has 0 spiro atoms. The van der Waals surface area contributed by atoms with E-state index in [-0.39, 0.29) is 11.6 Å². The van der Waals surface area contributed by atoms with E-state index >= 15 is 0 Å². The van der Waals surface area contributed by atoms with Crippen molar-refractivity contribution >= 4 is 23.6 Å². The third-order valence-electron chi connectivity index (χ3n) is 5.10. The normalized spacial score (nSPS) is 16.3. The van der Waals surface area contributed by atoms with Gasteiger partial charge < -0.3 is 20.1 Å². The van der Waals surface area contributed by atoms with Crippen LogP contribution in [0.5, 0.6) is 0 Å². The van der Waals surface area contributed by atoms with E-state index in [4.69, 9.17) is 15.2 Å². The lowest BCUT2D eigenvalue weighted by Gasteiger charge is -2.32. The summed E-state index contributed by atoms with van der Waals surface area (Å²) in [5.74, 6) is -0.600. The van der Waals surface area contributed by atoms with Crippen LogP contribution in [0.15, 0.2) is 30.0 Å². The Morgan fingerprint density at radius 3 is 2.35 bits per heavy atom. The lowest BCUT2D eigenvalue weighted by atomic mass is 9.81. The van der Waals surface area contributed by atoms with E-state index in [9.17, 15) is 9.59 Å². The van der Waals surface area contributed by atoms with E-state index < -0.39 is 11.4 Å². The van der Waals surface area contributed by atoms with Gasteiger partial charge in [0.25, 0.3) is 0 Å². The predicted octanol–water partition coefficient (Wildman–Crippen LogP) is 2.84. The van der Waals surface area contributed by atoms with Gasteiger partial charge in [0, 0.05) is 26.5 Å². The number of nitrogen functional groups attached to an aromatic ring is 1. The smallest absolute Gasteiger partial charge is 0.354 e. The van der Waals surface area contributed by atoms with Crippen LogP contribution in [0.1, 0.15) is 37.7 Å². The first-order chi connectivity index (χ1) is 12.4. The summed E-state index contributed by atoms with van der Waals surface area (Å²) in [6, 6.07) is 7.10. The maximum atomic E-state index is 13.3. The largest absolute Gasteiger partial charge is 0.464 e. The summed E-state index contributed by atoms with van der Waals surface area (Å²) in [7, 11) is 4.58. The first kappa shape index (κ1) is 20.0. The van der Waals surface area contributed by atoms with Gasteiger partial charge in [0.1, 0.15) is 5.70 Å². The topological polar surface area (TPSA) is 81.9 Å². The molecular formula is C20H28N2O4. The summed E-state index contributed by atoms with van der Waals surface area (Å²) in [6.07, 6.45) is 5.97. The van der Waals surface area contributed by atoms with Gasteiger partial charge in [-0.05, 0) is 43.0 Å². The third kappa shape index (κ3) is 4.43. The lowest BCUT2D eigenvalue weighted by molar-refractivity contribution is -0.146. The fraction of sp³-hybridized carbons (Fsp3) is 0.500.